The molecular formula is C28H27FN8O. The summed E-state index contributed by atoms with van der Waals surface area (Å²) in [5.74, 6) is 0.319. The number of benzene rings is 3. The maximum atomic E-state index is 13.7. The van der Waals surface area contributed by atoms with Gasteiger partial charge >= 0.3 is 0 Å². The molecule has 0 atom stereocenters. The van der Waals surface area contributed by atoms with E-state index in [9.17, 15) is 9.18 Å². The van der Waals surface area contributed by atoms with Crippen LogP contribution in [0.2, 0.25) is 0 Å². The van der Waals surface area contributed by atoms with Gasteiger partial charge in [0, 0.05) is 11.4 Å². The molecule has 38 heavy (non-hydrogen) atoms. The lowest BCUT2D eigenvalue weighted by Gasteiger charge is -2.06. The van der Waals surface area contributed by atoms with E-state index in [-0.39, 0.29) is 11.9 Å². The predicted octanol–water partition coefficient (Wildman–Crippen LogP) is 5.80. The van der Waals surface area contributed by atoms with Crippen LogP contribution in [-0.4, -0.2) is 29.9 Å². The Morgan fingerprint density at radius 1 is 0.842 bits per heavy atom. The molecule has 9 nitrogen and oxygen atoms in total. The Morgan fingerprint density at radius 3 is 2.21 bits per heavy atom. The van der Waals surface area contributed by atoms with Crippen molar-refractivity contribution in [2.45, 2.75) is 20.4 Å². The van der Waals surface area contributed by atoms with Crippen molar-refractivity contribution >= 4 is 39.3 Å². The number of anilines is 3. The van der Waals surface area contributed by atoms with Crippen molar-refractivity contribution in [2.24, 2.45) is 0 Å². The van der Waals surface area contributed by atoms with Crippen LogP contribution in [0.4, 0.5) is 21.6 Å². The Bertz CT molecular complexity index is 1610. The zero-order chi connectivity index (χ0) is 26.7. The summed E-state index contributed by atoms with van der Waals surface area (Å²) in [4.78, 5) is 33.9. The first-order valence-electron chi connectivity index (χ1n) is 12.1. The molecular weight excluding hydrogens is 483 g/mol. The number of rotatable bonds is 5. The Hall–Kier alpha value is -5.12. The number of halogens is 1. The van der Waals surface area contributed by atoms with Gasteiger partial charge in [0.05, 0.1) is 18.4 Å². The zero-order valence-corrected chi connectivity index (χ0v) is 20.9. The normalized spacial score (nSPS) is 10.2. The fourth-order valence-electron chi connectivity index (χ4n) is 3.56. The van der Waals surface area contributed by atoms with Crippen LogP contribution in [0.15, 0.2) is 96.3 Å². The maximum absolute atomic E-state index is 13.7. The number of fused-ring (bicyclic) bond motifs is 2. The van der Waals surface area contributed by atoms with Crippen molar-refractivity contribution in [3.63, 3.8) is 0 Å². The van der Waals surface area contributed by atoms with Crippen molar-refractivity contribution in [1.82, 2.24) is 29.9 Å². The van der Waals surface area contributed by atoms with E-state index in [0.29, 0.717) is 28.3 Å². The quantitative estimate of drug-likeness (QED) is 0.231. The highest BCUT2D eigenvalue weighted by Gasteiger charge is 2.10. The van der Waals surface area contributed by atoms with Crippen LogP contribution < -0.4 is 16.2 Å². The largest absolute Gasteiger partial charge is 0.361 e. The number of hydrogen-bond acceptors (Lipinski definition) is 7. The van der Waals surface area contributed by atoms with Gasteiger partial charge in [0.15, 0.2) is 11.5 Å². The van der Waals surface area contributed by atoms with Crippen molar-refractivity contribution in [3.8, 4) is 0 Å². The van der Waals surface area contributed by atoms with Gasteiger partial charge in [0.2, 0.25) is 0 Å². The molecule has 0 bridgehead atoms. The maximum Gasteiger partial charge on any atom is 0.261 e. The van der Waals surface area contributed by atoms with Gasteiger partial charge in [0.25, 0.3) is 5.56 Å². The number of para-hydroxylation sites is 2. The summed E-state index contributed by atoms with van der Waals surface area (Å²) in [6.45, 7) is 4.22. The second-order valence-corrected chi connectivity index (χ2v) is 7.68. The lowest BCUT2D eigenvalue weighted by molar-refractivity contribution is 0.638. The summed E-state index contributed by atoms with van der Waals surface area (Å²) in [7, 11) is 0. The molecule has 0 amide bonds. The second-order valence-electron chi connectivity index (χ2n) is 7.68. The molecule has 0 aliphatic carbocycles. The molecule has 0 unspecified atom stereocenters. The summed E-state index contributed by atoms with van der Waals surface area (Å²) in [6, 6.07) is 24.6. The summed E-state index contributed by atoms with van der Waals surface area (Å²) in [5, 5.41) is 6.30. The van der Waals surface area contributed by atoms with E-state index in [1.807, 2.05) is 74.5 Å². The van der Waals surface area contributed by atoms with E-state index in [4.69, 9.17) is 0 Å². The van der Waals surface area contributed by atoms with E-state index >= 15 is 0 Å². The standard InChI is InChI=1S/C14H10FN7O.C12H11N.C2H6/c15-7-2-1-3-8-10(7)14(23)22-9(21-8)4-16-12-11-13(18-5-17-11)20-6-19-12;1-3-7-11(8-4-1)13-12-9-5-2-6-10-12;1-2/h1-3,5-6H,4H2,(H,21,22,23)(H2,16,17,18,19,20);1-10,13H;1-2H3. The van der Waals surface area contributed by atoms with E-state index < -0.39 is 11.4 Å². The van der Waals surface area contributed by atoms with Gasteiger partial charge in [-0.2, -0.15) is 0 Å². The van der Waals surface area contributed by atoms with Crippen molar-refractivity contribution in [3.05, 3.63) is 114 Å². The minimum absolute atomic E-state index is 0.0470. The molecule has 0 aliphatic heterocycles. The van der Waals surface area contributed by atoms with Gasteiger partial charge < -0.3 is 20.6 Å². The molecule has 0 fully saturated rings. The van der Waals surface area contributed by atoms with Crippen LogP contribution in [0.25, 0.3) is 22.1 Å². The van der Waals surface area contributed by atoms with E-state index in [1.165, 1.54) is 24.8 Å². The van der Waals surface area contributed by atoms with Crippen LogP contribution in [0, 0.1) is 5.82 Å². The highest BCUT2D eigenvalue weighted by molar-refractivity contribution is 5.82. The number of H-pyrrole nitrogens is 2. The fraction of sp³-hybridized carbons (Fsp3) is 0.107. The third kappa shape index (κ3) is 6.35. The Morgan fingerprint density at radius 2 is 1.53 bits per heavy atom. The van der Waals surface area contributed by atoms with E-state index in [0.717, 1.165) is 11.4 Å². The highest BCUT2D eigenvalue weighted by atomic mass is 19.1. The molecule has 3 heterocycles. The van der Waals surface area contributed by atoms with Crippen molar-refractivity contribution < 1.29 is 4.39 Å². The molecule has 6 rings (SSSR count). The minimum atomic E-state index is -0.592. The van der Waals surface area contributed by atoms with Gasteiger partial charge in [0.1, 0.15) is 28.9 Å². The average Bonchev–Trinajstić information content (AvgIpc) is 3.44. The zero-order valence-electron chi connectivity index (χ0n) is 20.9. The highest BCUT2D eigenvalue weighted by Crippen LogP contribution is 2.16. The molecule has 3 aromatic heterocycles. The number of aromatic amines is 2. The van der Waals surface area contributed by atoms with Crippen LogP contribution in [-0.2, 0) is 6.54 Å². The first-order valence-corrected chi connectivity index (χ1v) is 12.1. The third-order valence-corrected chi connectivity index (χ3v) is 5.21. The first-order chi connectivity index (χ1) is 18.7. The monoisotopic (exact) mass is 510 g/mol. The van der Waals surface area contributed by atoms with Gasteiger partial charge in [-0.1, -0.05) is 56.3 Å². The van der Waals surface area contributed by atoms with Crippen LogP contribution in [0.5, 0.6) is 0 Å². The SMILES string of the molecule is CC.O=c1[nH]c(CNc2ncnc3nc[nH]c23)nc2cccc(F)c12.c1ccc(Nc2ccccc2)cc1. The number of nitrogens with one attached hydrogen (secondary N) is 4. The summed E-state index contributed by atoms with van der Waals surface area (Å²) >= 11 is 0. The summed E-state index contributed by atoms with van der Waals surface area (Å²) in [5.41, 5.74) is 3.22. The summed E-state index contributed by atoms with van der Waals surface area (Å²) < 4.78 is 13.7. The Kier molecular flexibility index (Phi) is 8.69. The topological polar surface area (TPSA) is 124 Å². The second kappa shape index (κ2) is 12.7. The molecule has 0 spiro atoms. The number of nitrogens with zero attached hydrogens (tertiary/aromatic N) is 4. The van der Waals surface area contributed by atoms with Gasteiger partial charge in [-0.25, -0.2) is 24.3 Å². The van der Waals surface area contributed by atoms with Crippen LogP contribution in [0.1, 0.15) is 19.7 Å². The molecule has 0 saturated carbocycles. The number of hydrogen-bond donors (Lipinski definition) is 4. The predicted molar refractivity (Wildman–Crippen MR) is 149 cm³/mol. The lowest BCUT2D eigenvalue weighted by atomic mass is 10.2. The molecule has 192 valence electrons. The molecule has 0 saturated heterocycles. The van der Waals surface area contributed by atoms with Crippen molar-refractivity contribution in [1.29, 1.82) is 0 Å². The molecule has 3 aromatic carbocycles. The molecule has 4 N–H and O–H groups in total. The van der Waals surface area contributed by atoms with E-state index in [2.05, 4.69) is 40.5 Å². The first kappa shape index (κ1) is 26.0. The molecule has 0 aliphatic rings. The van der Waals surface area contributed by atoms with Crippen molar-refractivity contribution in [2.75, 3.05) is 10.6 Å². The van der Waals surface area contributed by atoms with Crippen LogP contribution >= 0.6 is 0 Å². The third-order valence-electron chi connectivity index (χ3n) is 5.21. The molecule has 0 radical (unpaired) electrons. The molecule has 10 heteroatoms. The summed E-state index contributed by atoms with van der Waals surface area (Å²) in [6.07, 6.45) is 2.90. The average molecular weight is 511 g/mol. The van der Waals surface area contributed by atoms with Gasteiger partial charge in [-0.15, -0.1) is 0 Å². The van der Waals surface area contributed by atoms with Gasteiger partial charge in [-0.05, 0) is 36.4 Å². The fourth-order valence-corrected chi connectivity index (χ4v) is 3.56. The number of aromatic nitrogens is 6. The number of imidazole rings is 1. The Labute approximate surface area is 218 Å². The van der Waals surface area contributed by atoms with Gasteiger partial charge in [-0.3, -0.25) is 4.79 Å². The minimum Gasteiger partial charge on any atom is -0.361 e. The Balaban J connectivity index is 0.000000190. The molecule has 6 aromatic rings. The smallest absolute Gasteiger partial charge is 0.261 e. The lowest BCUT2D eigenvalue weighted by Crippen LogP contribution is -2.16. The van der Waals surface area contributed by atoms with Crippen LogP contribution in [0.3, 0.4) is 0 Å². The van der Waals surface area contributed by atoms with E-state index in [1.54, 1.807) is 6.07 Å².